The summed E-state index contributed by atoms with van der Waals surface area (Å²) in [6, 6.07) is 13.8. The second-order valence-corrected chi connectivity index (χ2v) is 7.56. The standard InChI is InChI=1S/C22H26N4O2/c27-21(9-8-18-15-17-5-1-2-7-20(17)24-22(18)28)26-13-11-25(12-14-26)16-19-6-3-4-10-23-19/h1-7,10,18H,8-9,11-16H2,(H,24,28). The molecular weight excluding hydrogens is 352 g/mol. The van der Waals surface area contributed by atoms with Gasteiger partial charge in [0.05, 0.1) is 5.69 Å². The second kappa shape index (κ2) is 8.52. The lowest BCUT2D eigenvalue weighted by atomic mass is 9.89. The van der Waals surface area contributed by atoms with Gasteiger partial charge in [-0.05, 0) is 36.6 Å². The minimum absolute atomic E-state index is 0.0340. The molecule has 2 aliphatic rings. The van der Waals surface area contributed by atoms with Crippen LogP contribution in [0, 0.1) is 5.92 Å². The zero-order valence-corrected chi connectivity index (χ0v) is 16.0. The van der Waals surface area contributed by atoms with E-state index in [-0.39, 0.29) is 17.7 Å². The van der Waals surface area contributed by atoms with Crippen molar-refractivity contribution in [2.75, 3.05) is 31.5 Å². The van der Waals surface area contributed by atoms with Crippen molar-refractivity contribution in [3.8, 4) is 0 Å². The average Bonchev–Trinajstić information content (AvgIpc) is 2.73. The highest BCUT2D eigenvalue weighted by Gasteiger charge is 2.28. The van der Waals surface area contributed by atoms with Gasteiger partial charge in [0.2, 0.25) is 11.8 Å². The van der Waals surface area contributed by atoms with Crippen LogP contribution < -0.4 is 5.32 Å². The van der Waals surface area contributed by atoms with Crippen LogP contribution in [0.25, 0.3) is 0 Å². The van der Waals surface area contributed by atoms with Gasteiger partial charge in [0.25, 0.3) is 0 Å². The summed E-state index contributed by atoms with van der Waals surface area (Å²) in [6.45, 7) is 4.03. The predicted octanol–water partition coefficient (Wildman–Crippen LogP) is 2.32. The van der Waals surface area contributed by atoms with Crippen LogP contribution in [-0.4, -0.2) is 52.8 Å². The van der Waals surface area contributed by atoms with Crippen molar-refractivity contribution < 1.29 is 9.59 Å². The third-order valence-electron chi connectivity index (χ3n) is 5.66. The first kappa shape index (κ1) is 18.6. The molecule has 6 nitrogen and oxygen atoms in total. The monoisotopic (exact) mass is 378 g/mol. The average molecular weight is 378 g/mol. The van der Waals surface area contributed by atoms with Gasteiger partial charge < -0.3 is 10.2 Å². The Kier molecular flexibility index (Phi) is 5.67. The molecule has 2 aromatic rings. The Hall–Kier alpha value is -2.73. The van der Waals surface area contributed by atoms with Crippen molar-refractivity contribution in [2.24, 2.45) is 5.92 Å². The van der Waals surface area contributed by atoms with E-state index in [0.717, 1.165) is 49.7 Å². The summed E-state index contributed by atoms with van der Waals surface area (Å²) in [5.41, 5.74) is 3.12. The fourth-order valence-corrected chi connectivity index (χ4v) is 3.98. The molecule has 1 atom stereocenters. The van der Waals surface area contributed by atoms with E-state index in [1.165, 1.54) is 0 Å². The number of hydrogen-bond donors (Lipinski definition) is 1. The molecule has 0 radical (unpaired) electrons. The minimum atomic E-state index is -0.121. The molecule has 2 amide bonds. The molecule has 1 saturated heterocycles. The van der Waals surface area contributed by atoms with E-state index in [2.05, 4.69) is 15.2 Å². The van der Waals surface area contributed by atoms with Gasteiger partial charge in [-0.3, -0.25) is 19.5 Å². The fraction of sp³-hybridized carbons (Fsp3) is 0.409. The molecule has 3 heterocycles. The molecule has 1 fully saturated rings. The number of amides is 2. The highest BCUT2D eigenvalue weighted by atomic mass is 16.2. The lowest BCUT2D eigenvalue weighted by Crippen LogP contribution is -2.48. The number of rotatable bonds is 5. The third kappa shape index (κ3) is 4.39. The molecule has 0 bridgehead atoms. The lowest BCUT2D eigenvalue weighted by Gasteiger charge is -2.35. The maximum Gasteiger partial charge on any atom is 0.227 e. The number of piperazine rings is 1. The van der Waals surface area contributed by atoms with E-state index in [1.54, 1.807) is 0 Å². The molecular formula is C22H26N4O2. The SMILES string of the molecule is O=C1Nc2ccccc2CC1CCC(=O)N1CCN(Cc2ccccn2)CC1. The summed E-state index contributed by atoms with van der Waals surface area (Å²) < 4.78 is 0. The van der Waals surface area contributed by atoms with Crippen LogP contribution in [-0.2, 0) is 22.6 Å². The largest absolute Gasteiger partial charge is 0.340 e. The number of pyridine rings is 1. The van der Waals surface area contributed by atoms with E-state index >= 15 is 0 Å². The van der Waals surface area contributed by atoms with Crippen molar-refractivity contribution in [3.05, 3.63) is 59.9 Å². The molecule has 1 unspecified atom stereocenters. The van der Waals surface area contributed by atoms with Crippen molar-refractivity contribution >= 4 is 17.5 Å². The summed E-state index contributed by atoms with van der Waals surface area (Å²) in [5.74, 6) is 0.0696. The first-order valence-corrected chi connectivity index (χ1v) is 9.98. The van der Waals surface area contributed by atoms with Gasteiger partial charge in [0, 0.05) is 56.9 Å². The number of benzene rings is 1. The predicted molar refractivity (Wildman–Crippen MR) is 108 cm³/mol. The molecule has 1 aromatic carbocycles. The van der Waals surface area contributed by atoms with Crippen LogP contribution in [0.5, 0.6) is 0 Å². The van der Waals surface area contributed by atoms with Crippen molar-refractivity contribution in [1.29, 1.82) is 0 Å². The molecule has 1 N–H and O–H groups in total. The lowest BCUT2D eigenvalue weighted by molar-refractivity contribution is -0.133. The normalized spacial score (nSPS) is 19.8. The zero-order chi connectivity index (χ0) is 19.3. The van der Waals surface area contributed by atoms with Crippen molar-refractivity contribution in [2.45, 2.75) is 25.8 Å². The highest BCUT2D eigenvalue weighted by molar-refractivity contribution is 5.96. The van der Waals surface area contributed by atoms with Crippen molar-refractivity contribution in [1.82, 2.24) is 14.8 Å². The zero-order valence-electron chi connectivity index (χ0n) is 16.0. The van der Waals surface area contributed by atoms with Gasteiger partial charge in [0.15, 0.2) is 0 Å². The van der Waals surface area contributed by atoms with Crippen LogP contribution in [0.1, 0.15) is 24.1 Å². The van der Waals surface area contributed by atoms with Gasteiger partial charge >= 0.3 is 0 Å². The smallest absolute Gasteiger partial charge is 0.227 e. The Morgan fingerprint density at radius 2 is 1.86 bits per heavy atom. The van der Waals surface area contributed by atoms with E-state index < -0.39 is 0 Å². The number of fused-ring (bicyclic) bond motifs is 1. The number of para-hydroxylation sites is 1. The first-order chi connectivity index (χ1) is 13.7. The first-order valence-electron chi connectivity index (χ1n) is 9.98. The minimum Gasteiger partial charge on any atom is -0.340 e. The summed E-state index contributed by atoms with van der Waals surface area (Å²) in [5, 5.41) is 2.97. The van der Waals surface area contributed by atoms with Gasteiger partial charge in [-0.1, -0.05) is 24.3 Å². The molecule has 6 heteroatoms. The fourth-order valence-electron chi connectivity index (χ4n) is 3.98. The molecule has 2 aliphatic heterocycles. The topological polar surface area (TPSA) is 65.5 Å². The molecule has 4 rings (SSSR count). The van der Waals surface area contributed by atoms with Gasteiger partial charge in [-0.15, -0.1) is 0 Å². The Balaban J connectivity index is 1.23. The summed E-state index contributed by atoms with van der Waals surface area (Å²) >= 11 is 0. The van der Waals surface area contributed by atoms with Crippen LogP contribution in [0.15, 0.2) is 48.7 Å². The number of carbonyl (C=O) groups excluding carboxylic acids is 2. The Labute approximate surface area is 165 Å². The molecule has 0 spiro atoms. The van der Waals surface area contributed by atoms with E-state index in [1.807, 2.05) is 53.6 Å². The number of hydrogen-bond acceptors (Lipinski definition) is 4. The van der Waals surface area contributed by atoms with Crippen molar-refractivity contribution in [3.63, 3.8) is 0 Å². The second-order valence-electron chi connectivity index (χ2n) is 7.56. The van der Waals surface area contributed by atoms with Crippen LogP contribution in [0.4, 0.5) is 5.69 Å². The Morgan fingerprint density at radius 1 is 1.07 bits per heavy atom. The molecule has 0 saturated carbocycles. The Bertz CT molecular complexity index is 831. The van der Waals surface area contributed by atoms with Gasteiger partial charge in [0.1, 0.15) is 0 Å². The summed E-state index contributed by atoms with van der Waals surface area (Å²) in [6.07, 6.45) is 3.57. The Morgan fingerprint density at radius 3 is 2.64 bits per heavy atom. The number of carbonyl (C=O) groups is 2. The van der Waals surface area contributed by atoms with E-state index in [4.69, 9.17) is 0 Å². The number of nitrogens with one attached hydrogen (secondary N) is 1. The number of aromatic nitrogens is 1. The summed E-state index contributed by atoms with van der Waals surface area (Å²) in [4.78, 5) is 33.6. The summed E-state index contributed by atoms with van der Waals surface area (Å²) in [7, 11) is 0. The molecule has 28 heavy (non-hydrogen) atoms. The molecule has 146 valence electrons. The van der Waals surface area contributed by atoms with Crippen LogP contribution in [0.2, 0.25) is 0 Å². The quantitative estimate of drug-likeness (QED) is 0.867. The maximum absolute atomic E-state index is 12.6. The maximum atomic E-state index is 12.6. The number of anilines is 1. The van der Waals surface area contributed by atoms with Crippen LogP contribution >= 0.6 is 0 Å². The van der Waals surface area contributed by atoms with Crippen LogP contribution in [0.3, 0.4) is 0 Å². The molecule has 0 aliphatic carbocycles. The van der Waals surface area contributed by atoms with Gasteiger partial charge in [-0.25, -0.2) is 0 Å². The molecule has 1 aromatic heterocycles. The third-order valence-corrected chi connectivity index (χ3v) is 5.66. The van der Waals surface area contributed by atoms with Gasteiger partial charge in [-0.2, -0.15) is 0 Å². The highest BCUT2D eigenvalue weighted by Crippen LogP contribution is 2.27. The van der Waals surface area contributed by atoms with E-state index in [9.17, 15) is 9.59 Å². The van der Waals surface area contributed by atoms with E-state index in [0.29, 0.717) is 19.3 Å². The number of nitrogens with zero attached hydrogens (tertiary/aromatic N) is 3.